The number of rotatable bonds is 6. The van der Waals surface area contributed by atoms with Gasteiger partial charge in [0.2, 0.25) is 0 Å². The maximum absolute atomic E-state index is 13.1. The number of ketones is 2. The minimum Gasteiger partial charge on any atom is -0.507 e. The van der Waals surface area contributed by atoms with Crippen LogP contribution in [0.5, 0.6) is 11.5 Å². The minimum atomic E-state index is -0.912. The topological polar surface area (TPSA) is 104 Å². The molecule has 0 radical (unpaired) electrons. The predicted molar refractivity (Wildman–Crippen MR) is 127 cm³/mol. The van der Waals surface area contributed by atoms with E-state index in [0.29, 0.717) is 0 Å². The van der Waals surface area contributed by atoms with Gasteiger partial charge in [0.05, 0.1) is 17.5 Å². The molecule has 7 heteroatoms. The zero-order valence-corrected chi connectivity index (χ0v) is 19.2. The first kappa shape index (κ1) is 23.0. The third-order valence-electron chi connectivity index (χ3n) is 5.97. The highest BCUT2D eigenvalue weighted by atomic mass is 16.5. The van der Waals surface area contributed by atoms with Crippen molar-refractivity contribution in [3.05, 3.63) is 88.0 Å². The Kier molecular flexibility index (Phi) is 6.11. The first-order valence-electron chi connectivity index (χ1n) is 11.0. The van der Waals surface area contributed by atoms with Crippen molar-refractivity contribution >= 4 is 23.2 Å². The van der Waals surface area contributed by atoms with Gasteiger partial charge in [-0.05, 0) is 30.2 Å². The number of aromatic hydroxyl groups is 2. The van der Waals surface area contributed by atoms with Gasteiger partial charge in [0.15, 0.2) is 11.6 Å². The third kappa shape index (κ3) is 4.01. The normalized spacial score (nSPS) is 13.1. The van der Waals surface area contributed by atoms with Gasteiger partial charge in [-0.2, -0.15) is 0 Å². The Morgan fingerprint density at radius 3 is 2.09 bits per heavy atom. The average molecular weight is 459 g/mol. The molecule has 1 aliphatic rings. The van der Waals surface area contributed by atoms with Crippen molar-refractivity contribution in [2.75, 3.05) is 19.0 Å². The van der Waals surface area contributed by atoms with E-state index in [1.54, 1.807) is 19.1 Å². The second-order valence-corrected chi connectivity index (χ2v) is 8.41. The molecule has 0 saturated heterocycles. The molecular weight excluding hydrogens is 434 g/mol. The molecule has 7 nitrogen and oxygen atoms in total. The molecule has 0 saturated carbocycles. The molecule has 3 aromatic carbocycles. The standard InChI is InChI=1S/C27H25NO6/c1-4-21(34-22(30)13-15-9-11-16(12-10-15)28(2)3)19-14-20(29)23-24(27(19)33)26(32)18-8-6-5-7-17(18)25(23)31/h5-12,14,21,29,33H,4,13H2,1-3H3. The second kappa shape index (κ2) is 9.02. The molecule has 0 spiro atoms. The van der Waals surface area contributed by atoms with Gasteiger partial charge >= 0.3 is 5.97 Å². The summed E-state index contributed by atoms with van der Waals surface area (Å²) in [7, 11) is 3.85. The molecule has 4 rings (SSSR count). The molecular formula is C27H25NO6. The highest BCUT2D eigenvalue weighted by Gasteiger charge is 2.37. The summed E-state index contributed by atoms with van der Waals surface area (Å²) in [6, 6.07) is 14.9. The smallest absolute Gasteiger partial charge is 0.310 e. The summed E-state index contributed by atoms with van der Waals surface area (Å²) in [6.45, 7) is 1.75. The predicted octanol–water partition coefficient (Wildman–Crippen LogP) is 4.18. The van der Waals surface area contributed by atoms with E-state index in [0.717, 1.165) is 11.3 Å². The van der Waals surface area contributed by atoms with Crippen LogP contribution in [-0.4, -0.2) is 41.8 Å². The van der Waals surface area contributed by atoms with Crippen LogP contribution in [0.25, 0.3) is 0 Å². The van der Waals surface area contributed by atoms with Crippen molar-refractivity contribution in [3.63, 3.8) is 0 Å². The fourth-order valence-electron chi connectivity index (χ4n) is 4.17. The number of hydrogen-bond donors (Lipinski definition) is 2. The fourth-order valence-corrected chi connectivity index (χ4v) is 4.17. The van der Waals surface area contributed by atoms with Crippen LogP contribution >= 0.6 is 0 Å². The summed E-state index contributed by atoms with van der Waals surface area (Å²) in [6.07, 6.45) is -0.604. The molecule has 0 amide bonds. The van der Waals surface area contributed by atoms with Gasteiger partial charge in [0.1, 0.15) is 17.6 Å². The van der Waals surface area contributed by atoms with E-state index >= 15 is 0 Å². The van der Waals surface area contributed by atoms with Crippen LogP contribution in [0, 0.1) is 0 Å². The van der Waals surface area contributed by atoms with Crippen LogP contribution in [0.15, 0.2) is 54.6 Å². The number of phenols is 2. The zero-order valence-electron chi connectivity index (χ0n) is 19.2. The van der Waals surface area contributed by atoms with E-state index in [4.69, 9.17) is 4.74 Å². The number of carbonyl (C=O) groups excluding carboxylic acids is 3. The SMILES string of the molecule is CCC(OC(=O)Cc1ccc(N(C)C)cc1)c1cc(O)c2c(c1O)C(=O)c1ccccc1C2=O. The van der Waals surface area contributed by atoms with E-state index in [-0.39, 0.29) is 40.7 Å². The Morgan fingerprint density at radius 2 is 1.53 bits per heavy atom. The number of phenolic OH excluding ortho intramolecular Hbond substituents is 2. The third-order valence-corrected chi connectivity index (χ3v) is 5.97. The lowest BCUT2D eigenvalue weighted by Crippen LogP contribution is -2.22. The van der Waals surface area contributed by atoms with Crippen LogP contribution in [0.3, 0.4) is 0 Å². The van der Waals surface area contributed by atoms with Crippen LogP contribution in [0.4, 0.5) is 5.69 Å². The molecule has 0 bridgehead atoms. The number of ether oxygens (including phenoxy) is 1. The van der Waals surface area contributed by atoms with E-state index in [2.05, 4.69) is 0 Å². The molecule has 1 atom stereocenters. The number of carbonyl (C=O) groups is 3. The molecule has 0 aromatic heterocycles. The summed E-state index contributed by atoms with van der Waals surface area (Å²) in [5.74, 6) is -2.54. The Bertz CT molecular complexity index is 1290. The van der Waals surface area contributed by atoms with Crippen molar-refractivity contribution in [2.24, 2.45) is 0 Å². The number of hydrogen-bond acceptors (Lipinski definition) is 7. The fraction of sp³-hybridized carbons (Fsp3) is 0.222. The summed E-state index contributed by atoms with van der Waals surface area (Å²) in [5, 5.41) is 21.6. The molecule has 2 N–H and O–H groups in total. The van der Waals surface area contributed by atoms with Crippen LogP contribution in [0.2, 0.25) is 0 Å². The number of esters is 1. The molecule has 174 valence electrons. The first-order chi connectivity index (χ1) is 16.2. The Morgan fingerprint density at radius 1 is 0.941 bits per heavy atom. The molecule has 34 heavy (non-hydrogen) atoms. The maximum Gasteiger partial charge on any atom is 0.310 e. The summed E-state index contributed by atoms with van der Waals surface area (Å²) in [5.41, 5.74) is 1.65. The lowest BCUT2D eigenvalue weighted by molar-refractivity contribution is -0.148. The summed E-state index contributed by atoms with van der Waals surface area (Å²) in [4.78, 5) is 40.6. The number of nitrogens with zero attached hydrogens (tertiary/aromatic N) is 1. The van der Waals surface area contributed by atoms with Gasteiger partial charge in [-0.15, -0.1) is 0 Å². The van der Waals surface area contributed by atoms with Gasteiger partial charge in [0, 0.05) is 36.5 Å². The van der Waals surface area contributed by atoms with Gasteiger partial charge in [0.25, 0.3) is 0 Å². The van der Waals surface area contributed by atoms with Crippen LogP contribution in [-0.2, 0) is 16.0 Å². The summed E-state index contributed by atoms with van der Waals surface area (Å²) >= 11 is 0. The molecule has 0 heterocycles. The van der Waals surface area contributed by atoms with Crippen molar-refractivity contribution in [2.45, 2.75) is 25.9 Å². The Labute approximate surface area is 197 Å². The van der Waals surface area contributed by atoms with E-state index in [9.17, 15) is 24.6 Å². The highest BCUT2D eigenvalue weighted by Crippen LogP contribution is 2.43. The molecule has 0 fully saturated rings. The van der Waals surface area contributed by atoms with Crippen LogP contribution in [0.1, 0.15) is 62.4 Å². The van der Waals surface area contributed by atoms with Crippen molar-refractivity contribution < 1.29 is 29.3 Å². The van der Waals surface area contributed by atoms with Crippen molar-refractivity contribution in [1.29, 1.82) is 0 Å². The largest absolute Gasteiger partial charge is 0.507 e. The quantitative estimate of drug-likeness (QED) is 0.329. The van der Waals surface area contributed by atoms with Gasteiger partial charge in [-0.1, -0.05) is 43.3 Å². The first-order valence-corrected chi connectivity index (χ1v) is 11.0. The minimum absolute atomic E-state index is 0.0205. The lowest BCUT2D eigenvalue weighted by atomic mass is 9.81. The Hall–Kier alpha value is -4.13. The lowest BCUT2D eigenvalue weighted by Gasteiger charge is -2.24. The second-order valence-electron chi connectivity index (χ2n) is 8.41. The molecule has 1 aliphatic carbocycles. The maximum atomic E-state index is 13.1. The molecule has 3 aromatic rings. The Balaban J connectivity index is 1.63. The van der Waals surface area contributed by atoms with Gasteiger partial charge in [-0.3, -0.25) is 14.4 Å². The number of benzene rings is 3. The van der Waals surface area contributed by atoms with E-state index < -0.39 is 35.1 Å². The molecule has 0 aliphatic heterocycles. The number of anilines is 1. The van der Waals surface area contributed by atoms with Crippen molar-refractivity contribution in [1.82, 2.24) is 0 Å². The molecule has 1 unspecified atom stereocenters. The van der Waals surface area contributed by atoms with Crippen molar-refractivity contribution in [3.8, 4) is 11.5 Å². The van der Waals surface area contributed by atoms with Crippen LogP contribution < -0.4 is 4.90 Å². The average Bonchev–Trinajstić information content (AvgIpc) is 2.82. The van der Waals surface area contributed by atoms with E-state index in [1.165, 1.54) is 18.2 Å². The number of fused-ring (bicyclic) bond motifs is 2. The van der Waals surface area contributed by atoms with Gasteiger partial charge < -0.3 is 19.8 Å². The monoisotopic (exact) mass is 459 g/mol. The summed E-state index contributed by atoms with van der Waals surface area (Å²) < 4.78 is 5.61. The zero-order chi connectivity index (χ0) is 24.6. The van der Waals surface area contributed by atoms with Gasteiger partial charge in [-0.25, -0.2) is 0 Å². The van der Waals surface area contributed by atoms with E-state index in [1.807, 2.05) is 43.3 Å². The highest BCUT2D eigenvalue weighted by molar-refractivity contribution is 6.30.